The average Bonchev–Trinajstić information content (AvgIpc) is 2.23. The van der Waals surface area contributed by atoms with E-state index >= 15 is 0 Å². The molecule has 0 fully saturated rings. The highest BCUT2D eigenvalue weighted by Crippen LogP contribution is 2.17. The van der Waals surface area contributed by atoms with Crippen molar-refractivity contribution in [3.63, 3.8) is 0 Å². The van der Waals surface area contributed by atoms with E-state index in [1.807, 2.05) is 0 Å². The number of hydrogen-bond acceptors (Lipinski definition) is 3. The molecule has 0 saturated heterocycles. The molecular formula is C11H26N2O. The number of nitrogens with one attached hydrogen (secondary N) is 1. The Morgan fingerprint density at radius 1 is 1.36 bits per heavy atom. The van der Waals surface area contributed by atoms with E-state index < -0.39 is 0 Å². The van der Waals surface area contributed by atoms with Gasteiger partial charge in [0.2, 0.25) is 0 Å². The van der Waals surface area contributed by atoms with Crippen LogP contribution in [0.2, 0.25) is 0 Å². The zero-order valence-electron chi connectivity index (χ0n) is 10.1. The lowest BCUT2D eigenvalue weighted by Crippen LogP contribution is -2.38. The number of aliphatic hydroxyl groups is 1. The highest BCUT2D eigenvalue weighted by Gasteiger charge is 2.19. The summed E-state index contributed by atoms with van der Waals surface area (Å²) >= 11 is 0. The molecule has 0 aromatic rings. The Hall–Kier alpha value is -0.120. The highest BCUT2D eigenvalue weighted by atomic mass is 16.3. The fourth-order valence-corrected chi connectivity index (χ4v) is 1.11. The molecule has 86 valence electrons. The second-order valence-electron chi connectivity index (χ2n) is 4.40. The van der Waals surface area contributed by atoms with E-state index in [9.17, 15) is 5.11 Å². The maximum atomic E-state index is 9.19. The van der Waals surface area contributed by atoms with Gasteiger partial charge in [0.05, 0.1) is 0 Å². The predicted octanol–water partition coefficient (Wildman–Crippen LogP) is 0.936. The van der Waals surface area contributed by atoms with Crippen molar-refractivity contribution in [3.05, 3.63) is 0 Å². The Bertz CT molecular complexity index is 135. The molecule has 0 radical (unpaired) electrons. The molecule has 14 heavy (non-hydrogen) atoms. The van der Waals surface area contributed by atoms with Gasteiger partial charge < -0.3 is 15.3 Å². The summed E-state index contributed by atoms with van der Waals surface area (Å²) in [5, 5.41) is 12.6. The smallest absolute Gasteiger partial charge is 0.0496 e. The topological polar surface area (TPSA) is 35.5 Å². The molecular weight excluding hydrogens is 176 g/mol. The summed E-state index contributed by atoms with van der Waals surface area (Å²) < 4.78 is 0. The number of likely N-dealkylation sites (N-methyl/N-ethyl adjacent to an activating group) is 1. The lowest BCUT2D eigenvalue weighted by molar-refractivity contribution is 0.134. The standard InChI is InChI=1S/C11H26N2O/c1-5-11(3,10-14)9-12-7-8-13(4)6-2/h12,14H,5-10H2,1-4H3. The van der Waals surface area contributed by atoms with E-state index in [2.05, 4.69) is 38.0 Å². The average molecular weight is 202 g/mol. The van der Waals surface area contributed by atoms with Crippen LogP contribution in [0.3, 0.4) is 0 Å². The zero-order chi connectivity index (χ0) is 11.0. The van der Waals surface area contributed by atoms with Crippen molar-refractivity contribution in [1.82, 2.24) is 10.2 Å². The number of hydrogen-bond donors (Lipinski definition) is 2. The summed E-state index contributed by atoms with van der Waals surface area (Å²) in [6.07, 6.45) is 1.01. The Labute approximate surface area is 88.5 Å². The second-order valence-corrected chi connectivity index (χ2v) is 4.40. The minimum Gasteiger partial charge on any atom is -0.396 e. The van der Waals surface area contributed by atoms with Crippen LogP contribution in [-0.2, 0) is 0 Å². The summed E-state index contributed by atoms with van der Waals surface area (Å²) in [6, 6.07) is 0. The van der Waals surface area contributed by atoms with Gasteiger partial charge in [-0.15, -0.1) is 0 Å². The van der Waals surface area contributed by atoms with Crippen LogP contribution >= 0.6 is 0 Å². The summed E-state index contributed by atoms with van der Waals surface area (Å²) in [7, 11) is 2.12. The van der Waals surface area contributed by atoms with E-state index in [4.69, 9.17) is 0 Å². The van der Waals surface area contributed by atoms with E-state index in [1.54, 1.807) is 0 Å². The Morgan fingerprint density at radius 2 is 2.00 bits per heavy atom. The maximum absolute atomic E-state index is 9.19. The quantitative estimate of drug-likeness (QED) is 0.575. The molecule has 0 aliphatic rings. The van der Waals surface area contributed by atoms with Gasteiger partial charge in [-0.05, 0) is 20.0 Å². The summed E-state index contributed by atoms with van der Waals surface area (Å²) in [4.78, 5) is 2.27. The van der Waals surface area contributed by atoms with E-state index in [1.165, 1.54) is 0 Å². The van der Waals surface area contributed by atoms with Gasteiger partial charge in [0.1, 0.15) is 0 Å². The van der Waals surface area contributed by atoms with Crippen LogP contribution < -0.4 is 5.32 Å². The summed E-state index contributed by atoms with van der Waals surface area (Å²) in [5.74, 6) is 0. The van der Waals surface area contributed by atoms with E-state index in [0.717, 1.165) is 32.6 Å². The van der Waals surface area contributed by atoms with Crippen LogP contribution in [0.1, 0.15) is 27.2 Å². The molecule has 0 spiro atoms. The summed E-state index contributed by atoms with van der Waals surface area (Å²) in [5.41, 5.74) is 0.0464. The van der Waals surface area contributed by atoms with Crippen molar-refractivity contribution in [3.8, 4) is 0 Å². The van der Waals surface area contributed by atoms with Crippen LogP contribution in [0.25, 0.3) is 0 Å². The normalized spacial score (nSPS) is 15.9. The van der Waals surface area contributed by atoms with Crippen molar-refractivity contribution in [2.24, 2.45) is 5.41 Å². The van der Waals surface area contributed by atoms with Crippen LogP contribution in [0.4, 0.5) is 0 Å². The molecule has 2 N–H and O–H groups in total. The van der Waals surface area contributed by atoms with Crippen molar-refractivity contribution < 1.29 is 5.11 Å². The molecule has 0 aromatic heterocycles. The molecule has 0 saturated carbocycles. The van der Waals surface area contributed by atoms with Crippen LogP contribution in [0.5, 0.6) is 0 Å². The largest absolute Gasteiger partial charge is 0.396 e. The van der Waals surface area contributed by atoms with Gasteiger partial charge in [-0.3, -0.25) is 0 Å². The predicted molar refractivity (Wildman–Crippen MR) is 61.5 cm³/mol. The van der Waals surface area contributed by atoms with Crippen molar-refractivity contribution in [2.45, 2.75) is 27.2 Å². The van der Waals surface area contributed by atoms with Crippen LogP contribution in [0, 0.1) is 5.41 Å². The fraction of sp³-hybridized carbons (Fsp3) is 1.00. The molecule has 0 aliphatic carbocycles. The van der Waals surface area contributed by atoms with Gasteiger partial charge >= 0.3 is 0 Å². The monoisotopic (exact) mass is 202 g/mol. The molecule has 1 atom stereocenters. The highest BCUT2D eigenvalue weighted by molar-refractivity contribution is 4.74. The van der Waals surface area contributed by atoms with Gasteiger partial charge in [-0.25, -0.2) is 0 Å². The SMILES string of the molecule is CCN(C)CCNCC(C)(CC)CO. The van der Waals surface area contributed by atoms with Gasteiger partial charge in [0, 0.05) is 31.7 Å². The van der Waals surface area contributed by atoms with E-state index in [0.29, 0.717) is 0 Å². The number of nitrogens with zero attached hydrogens (tertiary/aromatic N) is 1. The first kappa shape index (κ1) is 13.9. The molecule has 0 heterocycles. The summed E-state index contributed by atoms with van der Waals surface area (Å²) in [6.45, 7) is 10.7. The number of rotatable bonds is 8. The van der Waals surface area contributed by atoms with Gasteiger partial charge in [-0.2, -0.15) is 0 Å². The lowest BCUT2D eigenvalue weighted by atomic mass is 9.89. The molecule has 0 amide bonds. The van der Waals surface area contributed by atoms with Gasteiger partial charge in [-0.1, -0.05) is 20.8 Å². The minimum atomic E-state index is 0.0464. The van der Waals surface area contributed by atoms with Crippen molar-refractivity contribution >= 4 is 0 Å². The molecule has 0 rings (SSSR count). The first-order valence-electron chi connectivity index (χ1n) is 5.58. The number of aliphatic hydroxyl groups excluding tert-OH is 1. The lowest BCUT2D eigenvalue weighted by Gasteiger charge is -2.26. The maximum Gasteiger partial charge on any atom is 0.0496 e. The third kappa shape index (κ3) is 5.58. The van der Waals surface area contributed by atoms with Gasteiger partial charge in [0.25, 0.3) is 0 Å². The first-order valence-corrected chi connectivity index (χ1v) is 5.58. The molecule has 3 nitrogen and oxygen atoms in total. The third-order valence-electron chi connectivity index (χ3n) is 3.00. The Balaban J connectivity index is 3.52. The first-order chi connectivity index (χ1) is 6.58. The van der Waals surface area contributed by atoms with Crippen molar-refractivity contribution in [1.29, 1.82) is 0 Å². The molecule has 1 unspecified atom stereocenters. The molecule has 0 aromatic carbocycles. The minimum absolute atomic E-state index is 0.0464. The zero-order valence-corrected chi connectivity index (χ0v) is 10.1. The second kappa shape index (κ2) is 7.21. The fourth-order valence-electron chi connectivity index (χ4n) is 1.11. The van der Waals surface area contributed by atoms with Gasteiger partial charge in [0.15, 0.2) is 0 Å². The molecule has 3 heteroatoms. The third-order valence-corrected chi connectivity index (χ3v) is 3.00. The van der Waals surface area contributed by atoms with Crippen LogP contribution in [0.15, 0.2) is 0 Å². The van der Waals surface area contributed by atoms with Crippen molar-refractivity contribution in [2.75, 3.05) is 39.8 Å². The van der Waals surface area contributed by atoms with E-state index in [-0.39, 0.29) is 12.0 Å². The Morgan fingerprint density at radius 3 is 2.43 bits per heavy atom. The van der Waals surface area contributed by atoms with Crippen LogP contribution in [-0.4, -0.2) is 49.8 Å². The molecule has 0 bridgehead atoms. The molecule has 0 aliphatic heterocycles. The Kier molecular flexibility index (Phi) is 7.15.